The highest BCUT2D eigenvalue weighted by Gasteiger charge is 2.40. The highest BCUT2D eigenvalue weighted by atomic mass is 35.5. The number of methoxy groups -OCH3 is 2. The fraction of sp³-hybridized carbons (Fsp3) is 0.125. The summed E-state index contributed by atoms with van der Waals surface area (Å²) >= 11 is 6.16. The molecule has 1 N–H and O–H groups in total. The summed E-state index contributed by atoms with van der Waals surface area (Å²) in [6, 6.07) is 17.4. The van der Waals surface area contributed by atoms with Crippen LogP contribution in [0.5, 0.6) is 11.5 Å². The van der Waals surface area contributed by atoms with E-state index >= 15 is 0 Å². The molecular formula is C24H20ClN3O4. The minimum Gasteiger partial charge on any atom is -0.496 e. The third-order valence-corrected chi connectivity index (χ3v) is 5.25. The van der Waals surface area contributed by atoms with E-state index in [9.17, 15) is 9.59 Å². The van der Waals surface area contributed by atoms with Crippen LogP contribution < -0.4 is 14.8 Å². The number of carbonyl (C=O) groups is 2. The van der Waals surface area contributed by atoms with Crippen LogP contribution in [-0.4, -0.2) is 35.9 Å². The van der Waals surface area contributed by atoms with Crippen LogP contribution in [0.2, 0.25) is 5.02 Å². The Hall–Kier alpha value is -3.84. The normalized spacial score (nSPS) is 13.5. The number of hydrogen-bond acceptors (Lipinski definition) is 6. The molecule has 2 heterocycles. The molecule has 1 aliphatic heterocycles. The molecule has 162 valence electrons. The molecule has 2 aromatic carbocycles. The monoisotopic (exact) mass is 449 g/mol. The van der Waals surface area contributed by atoms with E-state index in [2.05, 4.69) is 10.3 Å². The van der Waals surface area contributed by atoms with Crippen molar-refractivity contribution >= 4 is 34.7 Å². The van der Waals surface area contributed by atoms with Gasteiger partial charge in [-0.2, -0.15) is 0 Å². The number of nitrogens with one attached hydrogen (secondary N) is 1. The van der Waals surface area contributed by atoms with Crippen LogP contribution in [0.25, 0.3) is 5.57 Å². The number of amides is 2. The number of rotatable bonds is 7. The quantitative estimate of drug-likeness (QED) is 0.546. The fourth-order valence-electron chi connectivity index (χ4n) is 3.50. The zero-order chi connectivity index (χ0) is 22.7. The molecule has 4 rings (SSSR count). The maximum Gasteiger partial charge on any atom is 0.278 e. The predicted octanol–water partition coefficient (Wildman–Crippen LogP) is 4.14. The van der Waals surface area contributed by atoms with Gasteiger partial charge in [-0.1, -0.05) is 35.9 Å². The molecule has 32 heavy (non-hydrogen) atoms. The van der Waals surface area contributed by atoms with Crippen LogP contribution >= 0.6 is 11.6 Å². The van der Waals surface area contributed by atoms with Crippen molar-refractivity contribution in [2.45, 2.75) is 6.54 Å². The molecule has 0 fully saturated rings. The highest BCUT2D eigenvalue weighted by Crippen LogP contribution is 2.37. The van der Waals surface area contributed by atoms with Crippen LogP contribution in [0.1, 0.15) is 11.3 Å². The van der Waals surface area contributed by atoms with Gasteiger partial charge >= 0.3 is 0 Å². The minimum atomic E-state index is -0.483. The topological polar surface area (TPSA) is 80.8 Å². The number of carbonyl (C=O) groups excluding carboxylic acids is 2. The molecule has 0 unspecified atom stereocenters. The van der Waals surface area contributed by atoms with Crippen LogP contribution in [0.15, 0.2) is 72.6 Å². The molecule has 0 saturated carbocycles. The second-order valence-electron chi connectivity index (χ2n) is 6.94. The van der Waals surface area contributed by atoms with Gasteiger partial charge in [0.2, 0.25) is 0 Å². The van der Waals surface area contributed by atoms with Crippen molar-refractivity contribution in [2.75, 3.05) is 19.5 Å². The Kier molecular flexibility index (Phi) is 6.09. The van der Waals surface area contributed by atoms with Gasteiger partial charge in [-0.05, 0) is 36.4 Å². The second kappa shape index (κ2) is 9.11. The van der Waals surface area contributed by atoms with Gasteiger partial charge in [0, 0.05) is 16.8 Å². The lowest BCUT2D eigenvalue weighted by Gasteiger charge is -2.15. The lowest BCUT2D eigenvalue weighted by Crippen LogP contribution is -2.32. The third kappa shape index (κ3) is 4.02. The summed E-state index contributed by atoms with van der Waals surface area (Å²) in [5, 5.41) is 3.53. The first-order chi connectivity index (χ1) is 15.5. The largest absolute Gasteiger partial charge is 0.496 e. The summed E-state index contributed by atoms with van der Waals surface area (Å²) < 4.78 is 10.8. The number of halogens is 1. The number of aromatic nitrogens is 1. The van der Waals surface area contributed by atoms with Gasteiger partial charge in [0.15, 0.2) is 0 Å². The van der Waals surface area contributed by atoms with E-state index in [1.54, 1.807) is 66.9 Å². The van der Waals surface area contributed by atoms with Gasteiger partial charge in [0.25, 0.3) is 11.8 Å². The fourth-order valence-corrected chi connectivity index (χ4v) is 3.67. The van der Waals surface area contributed by atoms with Gasteiger partial charge in [-0.15, -0.1) is 0 Å². The lowest BCUT2D eigenvalue weighted by atomic mass is 10.0. The molecule has 0 radical (unpaired) electrons. The van der Waals surface area contributed by atoms with Crippen molar-refractivity contribution in [1.82, 2.24) is 9.88 Å². The molecule has 0 bridgehead atoms. The van der Waals surface area contributed by atoms with Gasteiger partial charge < -0.3 is 14.8 Å². The summed E-state index contributed by atoms with van der Waals surface area (Å²) in [6.45, 7) is 0.0367. The number of hydrogen-bond donors (Lipinski definition) is 1. The Bertz CT molecular complexity index is 1210. The van der Waals surface area contributed by atoms with E-state index in [1.807, 2.05) is 0 Å². The number of pyridine rings is 1. The highest BCUT2D eigenvalue weighted by molar-refractivity contribution is 6.37. The van der Waals surface area contributed by atoms with E-state index < -0.39 is 11.8 Å². The van der Waals surface area contributed by atoms with Crippen molar-refractivity contribution in [3.05, 3.63) is 88.8 Å². The van der Waals surface area contributed by atoms with Gasteiger partial charge in [-0.25, -0.2) is 0 Å². The van der Waals surface area contributed by atoms with Gasteiger partial charge in [-0.3, -0.25) is 19.5 Å². The first kappa shape index (κ1) is 21.4. The zero-order valence-electron chi connectivity index (χ0n) is 17.5. The van der Waals surface area contributed by atoms with Crippen LogP contribution in [0.3, 0.4) is 0 Å². The van der Waals surface area contributed by atoms with E-state index in [1.165, 1.54) is 14.2 Å². The molecule has 3 aromatic rings. The predicted molar refractivity (Wildman–Crippen MR) is 121 cm³/mol. The number of nitrogens with zero attached hydrogens (tertiary/aromatic N) is 2. The van der Waals surface area contributed by atoms with Crippen molar-refractivity contribution in [3.8, 4) is 11.5 Å². The maximum atomic E-state index is 13.5. The number of anilines is 1. The molecule has 0 aliphatic carbocycles. The van der Waals surface area contributed by atoms with Gasteiger partial charge in [0.1, 0.15) is 17.2 Å². The van der Waals surface area contributed by atoms with Crippen molar-refractivity contribution in [3.63, 3.8) is 0 Å². The molecular weight excluding hydrogens is 430 g/mol. The lowest BCUT2D eigenvalue weighted by molar-refractivity contribution is -0.137. The summed E-state index contributed by atoms with van der Waals surface area (Å²) in [7, 11) is 3.03. The molecule has 8 heteroatoms. The van der Waals surface area contributed by atoms with Crippen LogP contribution in [0, 0.1) is 0 Å². The summed E-state index contributed by atoms with van der Waals surface area (Å²) in [5.41, 5.74) is 1.86. The van der Waals surface area contributed by atoms with E-state index in [0.717, 1.165) is 4.90 Å². The summed E-state index contributed by atoms with van der Waals surface area (Å²) in [5.74, 6) is 0.0163. The maximum absolute atomic E-state index is 13.5. The third-order valence-electron chi connectivity index (χ3n) is 5.01. The summed E-state index contributed by atoms with van der Waals surface area (Å²) in [6.07, 6.45) is 1.62. The van der Waals surface area contributed by atoms with Gasteiger partial charge in [0.05, 0.1) is 37.7 Å². The van der Waals surface area contributed by atoms with E-state index in [-0.39, 0.29) is 17.8 Å². The standard InChI is InChI=1S/C24H20ClN3O4/c1-31-19-9-4-3-8-17(19)21-22(27-18-13-15(25)10-11-20(18)32-2)24(30)28(23(21)29)14-16-7-5-6-12-26-16/h3-13,27H,14H2,1-2H3. The average molecular weight is 450 g/mol. The SMILES string of the molecule is COc1ccc(Cl)cc1NC1=C(c2ccccc2OC)C(=O)N(Cc2ccccn2)C1=O. The second-order valence-corrected chi connectivity index (χ2v) is 7.37. The molecule has 0 spiro atoms. The Morgan fingerprint density at radius 2 is 1.69 bits per heavy atom. The Morgan fingerprint density at radius 1 is 0.938 bits per heavy atom. The first-order valence-corrected chi connectivity index (χ1v) is 10.2. The Balaban J connectivity index is 1.82. The molecule has 1 aromatic heterocycles. The molecule has 7 nitrogen and oxygen atoms in total. The minimum absolute atomic E-state index is 0.0367. The molecule has 0 atom stereocenters. The van der Waals surface area contributed by atoms with Crippen LogP contribution in [0.4, 0.5) is 5.69 Å². The van der Waals surface area contributed by atoms with E-state index in [0.29, 0.717) is 33.5 Å². The van der Waals surface area contributed by atoms with Crippen LogP contribution in [-0.2, 0) is 16.1 Å². The number of imide groups is 1. The zero-order valence-corrected chi connectivity index (χ0v) is 18.2. The number of para-hydroxylation sites is 1. The molecule has 2 amide bonds. The smallest absolute Gasteiger partial charge is 0.278 e. The van der Waals surface area contributed by atoms with Crippen molar-refractivity contribution < 1.29 is 19.1 Å². The summed E-state index contributed by atoms with van der Waals surface area (Å²) in [4.78, 5) is 32.3. The number of benzene rings is 2. The Labute approximate surface area is 190 Å². The van der Waals surface area contributed by atoms with E-state index in [4.69, 9.17) is 21.1 Å². The first-order valence-electron chi connectivity index (χ1n) is 9.77. The van der Waals surface area contributed by atoms with Crippen molar-refractivity contribution in [2.24, 2.45) is 0 Å². The average Bonchev–Trinajstić information content (AvgIpc) is 3.04. The molecule has 1 aliphatic rings. The number of ether oxygens (including phenoxy) is 2. The Morgan fingerprint density at radius 3 is 2.41 bits per heavy atom. The molecule has 0 saturated heterocycles. The van der Waals surface area contributed by atoms with Crippen molar-refractivity contribution in [1.29, 1.82) is 0 Å².